The van der Waals surface area contributed by atoms with Crippen molar-refractivity contribution in [1.82, 2.24) is 24.5 Å². The third-order valence-electron chi connectivity index (χ3n) is 6.25. The fourth-order valence-electron chi connectivity index (χ4n) is 4.04. The van der Waals surface area contributed by atoms with Crippen molar-refractivity contribution in [1.29, 1.82) is 10.7 Å². The first kappa shape index (κ1) is 26.4. The number of hydrogen-bond donors (Lipinski definition) is 3. The summed E-state index contributed by atoms with van der Waals surface area (Å²) in [6.07, 6.45) is -0.777. The van der Waals surface area contributed by atoms with E-state index in [1.807, 2.05) is 17.9 Å². The van der Waals surface area contributed by atoms with Crippen molar-refractivity contribution in [3.8, 4) is 6.07 Å². The molecule has 200 valence electrons. The maximum absolute atomic E-state index is 13.3. The number of piperazine rings is 1. The highest BCUT2D eigenvalue weighted by Crippen LogP contribution is 2.37. The molecule has 2 aliphatic rings. The van der Waals surface area contributed by atoms with E-state index in [4.69, 9.17) is 10.8 Å². The maximum Gasteiger partial charge on any atom is 0.327 e. The number of fused-ring (bicyclic) bond motifs is 1. The predicted molar refractivity (Wildman–Crippen MR) is 140 cm³/mol. The molecule has 0 spiro atoms. The number of aryl methyl sites for hydroxylation is 1. The molecule has 4 heterocycles. The molecule has 3 aromatic rings. The summed E-state index contributed by atoms with van der Waals surface area (Å²) in [6, 6.07) is 4.82. The lowest BCUT2D eigenvalue weighted by atomic mass is 10.2. The number of nitriles is 1. The van der Waals surface area contributed by atoms with Gasteiger partial charge < -0.3 is 9.80 Å². The molecule has 0 radical (unpaired) electrons. The summed E-state index contributed by atoms with van der Waals surface area (Å²) in [6.45, 7) is 4.11. The summed E-state index contributed by atoms with van der Waals surface area (Å²) in [5.74, 6) is 0.452. The lowest BCUT2D eigenvalue weighted by Crippen LogP contribution is -2.47. The Labute approximate surface area is 224 Å². The van der Waals surface area contributed by atoms with Gasteiger partial charge in [0.1, 0.15) is 21.4 Å². The number of hydrogen-bond acceptors (Lipinski definition) is 11. The summed E-state index contributed by atoms with van der Waals surface area (Å²) in [5, 5.41) is 36.4. The largest absolute Gasteiger partial charge is 0.353 e. The van der Waals surface area contributed by atoms with Gasteiger partial charge in [-0.3, -0.25) is 5.41 Å². The van der Waals surface area contributed by atoms with Crippen LogP contribution in [0.25, 0.3) is 5.52 Å². The van der Waals surface area contributed by atoms with Crippen molar-refractivity contribution in [3.63, 3.8) is 0 Å². The van der Waals surface area contributed by atoms with Crippen LogP contribution in [0.4, 0.5) is 19.7 Å². The fraction of sp³-hybridized carbons (Fsp3) is 0.429. The average molecular weight is 582 g/mol. The Balaban J connectivity index is 1.52. The number of thioether (sulfide) groups is 1. The average Bonchev–Trinajstić information content (AvgIpc) is 3.29. The molecular weight excluding hydrogens is 558 g/mol. The summed E-state index contributed by atoms with van der Waals surface area (Å²) < 4.78 is 56.6. The van der Waals surface area contributed by atoms with Crippen molar-refractivity contribution in [2.75, 3.05) is 36.0 Å². The van der Waals surface area contributed by atoms with Gasteiger partial charge in [-0.05, 0) is 25.8 Å². The van der Waals surface area contributed by atoms with Crippen LogP contribution in [0.5, 0.6) is 0 Å². The Morgan fingerprint density at radius 3 is 2.53 bits per heavy atom. The minimum absolute atomic E-state index is 0.117. The number of nitrogens with two attached hydrogens (primary N) is 1. The standard InChI is InChI=1S/C21H22F2N10O2S3/c1-12-28-29-20(36-12)32-6-4-31(5-7-32)16-9-13(38(34,35)30-21(11-24)2-3-21)8-15-14(10-27-33(15)16)18(25)37-19(26)17(22)23/h8-10,17,25-26,30H,2-7H2,1H3/p+1. The van der Waals surface area contributed by atoms with Crippen LogP contribution < -0.4 is 19.9 Å². The van der Waals surface area contributed by atoms with Crippen LogP contribution in [0.2, 0.25) is 0 Å². The molecule has 1 saturated carbocycles. The number of anilines is 2. The highest BCUT2D eigenvalue weighted by atomic mass is 32.2. The SMILES string of the molecule is Cc1nnc(N2CCN(c3cc(S(=O)(=O)NC4(C#N)CC4)cc4c(C(=N)SC(=[NH2+])C(F)F)cnn34)CC2)s1. The molecule has 1 saturated heterocycles. The third-order valence-corrected chi connectivity index (χ3v) is 9.50. The zero-order valence-electron chi connectivity index (χ0n) is 20.1. The van der Waals surface area contributed by atoms with Crippen molar-refractivity contribution >= 4 is 59.7 Å². The van der Waals surface area contributed by atoms with Crippen molar-refractivity contribution in [2.24, 2.45) is 0 Å². The van der Waals surface area contributed by atoms with Crippen molar-refractivity contribution in [2.45, 2.75) is 36.6 Å². The summed E-state index contributed by atoms with van der Waals surface area (Å²) >= 11 is 1.88. The first-order valence-corrected chi connectivity index (χ1v) is 14.6. The van der Waals surface area contributed by atoms with Crippen LogP contribution in [0, 0.1) is 23.7 Å². The van der Waals surface area contributed by atoms with E-state index in [2.05, 4.69) is 24.9 Å². The molecule has 0 aromatic carbocycles. The molecule has 5 rings (SSSR count). The minimum atomic E-state index is -4.12. The van der Waals surface area contributed by atoms with Crippen LogP contribution in [0.15, 0.2) is 23.2 Å². The molecule has 0 atom stereocenters. The van der Waals surface area contributed by atoms with Gasteiger partial charge in [-0.2, -0.15) is 23.9 Å². The third kappa shape index (κ3) is 5.08. The first-order chi connectivity index (χ1) is 18.0. The van der Waals surface area contributed by atoms with Crippen molar-refractivity contribution < 1.29 is 22.6 Å². The topological polar surface area (TPSA) is 169 Å². The van der Waals surface area contributed by atoms with Crippen LogP contribution in [-0.4, -0.2) is 76.5 Å². The smallest absolute Gasteiger partial charge is 0.327 e. The second-order valence-electron chi connectivity index (χ2n) is 8.92. The van der Waals surface area contributed by atoms with Gasteiger partial charge in [-0.1, -0.05) is 11.3 Å². The van der Waals surface area contributed by atoms with E-state index >= 15 is 0 Å². The Bertz CT molecular complexity index is 1570. The second kappa shape index (κ2) is 9.84. The summed E-state index contributed by atoms with van der Waals surface area (Å²) in [7, 11) is -4.12. The number of nitrogens with zero attached hydrogens (tertiary/aromatic N) is 7. The summed E-state index contributed by atoms with van der Waals surface area (Å²) in [4.78, 5) is 3.93. The Kier molecular flexibility index (Phi) is 6.84. The molecule has 3 aromatic heterocycles. The normalized spacial score (nSPS) is 17.1. The molecule has 38 heavy (non-hydrogen) atoms. The number of rotatable bonds is 7. The van der Waals surface area contributed by atoms with Gasteiger partial charge in [-0.15, -0.1) is 10.2 Å². The molecule has 4 N–H and O–H groups in total. The fourth-order valence-corrected chi connectivity index (χ4v) is 6.78. The van der Waals surface area contributed by atoms with Crippen LogP contribution in [0.1, 0.15) is 23.4 Å². The van der Waals surface area contributed by atoms with Gasteiger partial charge >= 0.3 is 6.43 Å². The number of alkyl halides is 2. The molecule has 0 bridgehead atoms. The van der Waals surface area contributed by atoms with E-state index in [1.54, 1.807) is 0 Å². The molecule has 0 unspecified atom stereocenters. The van der Waals surface area contributed by atoms with Crippen LogP contribution in [0.3, 0.4) is 0 Å². The van der Waals surface area contributed by atoms with E-state index < -0.39 is 27.0 Å². The summed E-state index contributed by atoms with van der Waals surface area (Å²) in [5.41, 5.74) is -0.740. The monoisotopic (exact) mass is 581 g/mol. The number of halogens is 2. The zero-order chi connectivity index (χ0) is 27.2. The molecule has 1 aliphatic heterocycles. The minimum Gasteiger partial charge on any atom is -0.353 e. The van der Waals surface area contributed by atoms with E-state index in [-0.39, 0.29) is 21.0 Å². The molecule has 17 heteroatoms. The maximum atomic E-state index is 13.3. The Hall–Kier alpha value is -3.20. The highest BCUT2D eigenvalue weighted by molar-refractivity contribution is 8.26. The lowest BCUT2D eigenvalue weighted by Gasteiger charge is -2.35. The van der Waals surface area contributed by atoms with Gasteiger partial charge in [0.05, 0.1) is 28.2 Å². The number of aromatic nitrogens is 4. The molecule has 0 amide bonds. The van der Waals surface area contributed by atoms with Gasteiger partial charge in [0.15, 0.2) is 0 Å². The van der Waals surface area contributed by atoms with E-state index in [0.29, 0.717) is 56.6 Å². The van der Waals surface area contributed by atoms with Gasteiger partial charge in [-0.25, -0.2) is 18.3 Å². The van der Waals surface area contributed by atoms with Crippen LogP contribution >= 0.6 is 23.1 Å². The number of sulfonamides is 1. The van der Waals surface area contributed by atoms with Crippen LogP contribution in [-0.2, 0) is 10.0 Å². The van der Waals surface area contributed by atoms with Gasteiger partial charge in [0.2, 0.25) is 15.2 Å². The van der Waals surface area contributed by atoms with E-state index in [0.717, 1.165) is 10.1 Å². The molecule has 1 aliphatic carbocycles. The Morgan fingerprint density at radius 2 is 1.95 bits per heavy atom. The molecule has 2 fully saturated rings. The first-order valence-electron chi connectivity index (χ1n) is 11.5. The number of nitrogens with one attached hydrogen (secondary N) is 2. The molecule has 12 nitrogen and oxygen atoms in total. The lowest BCUT2D eigenvalue weighted by molar-refractivity contribution is -0.120. The molecular formula is C21H23F2N10O2S3+. The van der Waals surface area contributed by atoms with E-state index in [9.17, 15) is 22.5 Å². The number of pyridine rings is 1. The zero-order valence-corrected chi connectivity index (χ0v) is 22.5. The highest BCUT2D eigenvalue weighted by Gasteiger charge is 2.47. The van der Waals surface area contributed by atoms with Gasteiger partial charge in [0.25, 0.3) is 5.04 Å². The quantitative estimate of drug-likeness (QED) is 0.268. The second-order valence-corrected chi connectivity index (χ2v) is 12.8. The van der Waals surface area contributed by atoms with Gasteiger partial charge in [0, 0.05) is 44.0 Å². The van der Waals surface area contributed by atoms with Crippen molar-refractivity contribution in [3.05, 3.63) is 28.9 Å². The van der Waals surface area contributed by atoms with E-state index in [1.165, 1.54) is 34.2 Å². The Morgan fingerprint density at radius 1 is 1.26 bits per heavy atom. The predicted octanol–water partition coefficient (Wildman–Crippen LogP) is 0.637.